The highest BCUT2D eigenvalue weighted by Gasteiger charge is 2.18. The predicted molar refractivity (Wildman–Crippen MR) is 69.5 cm³/mol. The zero-order chi connectivity index (χ0) is 12.5. The summed E-state index contributed by atoms with van der Waals surface area (Å²) < 4.78 is 1.85. The number of aliphatic hydroxyl groups excluding tert-OH is 1. The number of thioether (sulfide) groups is 1. The smallest absolute Gasteiger partial charge is 0.122 e. The second kappa shape index (κ2) is 4.66. The van der Waals surface area contributed by atoms with Crippen LogP contribution in [0.4, 0.5) is 0 Å². The summed E-state index contributed by atoms with van der Waals surface area (Å²) in [5.74, 6) is 0.655. The van der Waals surface area contributed by atoms with Crippen LogP contribution in [0.15, 0.2) is 23.5 Å². The molecule has 0 unspecified atom stereocenters. The number of nitrogens with zero attached hydrogens (tertiary/aromatic N) is 3. The normalized spacial score (nSPS) is 12.2. The van der Waals surface area contributed by atoms with E-state index in [1.807, 2.05) is 10.7 Å². The highest BCUT2D eigenvalue weighted by atomic mass is 32.2. The Morgan fingerprint density at radius 1 is 1.41 bits per heavy atom. The van der Waals surface area contributed by atoms with E-state index >= 15 is 0 Å². The first kappa shape index (κ1) is 12.4. The van der Waals surface area contributed by atoms with Gasteiger partial charge in [-0.3, -0.25) is 0 Å². The largest absolute Gasteiger partial charge is 0.396 e. The molecule has 0 fully saturated rings. The Labute approximate surface area is 105 Å². The third-order valence-electron chi connectivity index (χ3n) is 2.45. The highest BCUT2D eigenvalue weighted by Crippen LogP contribution is 2.26. The van der Waals surface area contributed by atoms with E-state index in [-0.39, 0.29) is 12.0 Å². The lowest BCUT2D eigenvalue weighted by Gasteiger charge is -2.13. The van der Waals surface area contributed by atoms with E-state index < -0.39 is 0 Å². The van der Waals surface area contributed by atoms with Crippen molar-refractivity contribution in [2.24, 2.45) is 0 Å². The van der Waals surface area contributed by atoms with Gasteiger partial charge < -0.3 is 5.11 Å². The van der Waals surface area contributed by atoms with Crippen molar-refractivity contribution in [3.05, 3.63) is 24.2 Å². The van der Waals surface area contributed by atoms with Crippen molar-refractivity contribution in [2.45, 2.75) is 31.2 Å². The van der Waals surface area contributed by atoms with Crippen LogP contribution >= 0.6 is 11.8 Å². The molecule has 2 rings (SSSR count). The summed E-state index contributed by atoms with van der Waals surface area (Å²) in [5.41, 5.74) is 2.09. The van der Waals surface area contributed by atoms with E-state index in [2.05, 4.69) is 36.9 Å². The van der Waals surface area contributed by atoms with Crippen molar-refractivity contribution in [3.8, 4) is 0 Å². The lowest BCUT2D eigenvalue weighted by molar-refractivity contribution is 0.322. The third kappa shape index (κ3) is 2.61. The molecule has 2 aromatic heterocycles. The Hall–Kier alpha value is -1.07. The summed E-state index contributed by atoms with van der Waals surface area (Å²) in [4.78, 5) is 4.33. The van der Waals surface area contributed by atoms with Gasteiger partial charge in [0.2, 0.25) is 0 Å². The van der Waals surface area contributed by atoms with Gasteiger partial charge in [0.25, 0.3) is 0 Å². The summed E-state index contributed by atoms with van der Waals surface area (Å²) in [5, 5.41) is 14.3. The van der Waals surface area contributed by atoms with Crippen LogP contribution in [0.2, 0.25) is 0 Å². The molecule has 17 heavy (non-hydrogen) atoms. The summed E-state index contributed by atoms with van der Waals surface area (Å²) in [6, 6.07) is 2.08. The minimum Gasteiger partial charge on any atom is -0.396 e. The van der Waals surface area contributed by atoms with Crippen molar-refractivity contribution in [1.29, 1.82) is 0 Å². The maximum absolute atomic E-state index is 8.86. The van der Waals surface area contributed by atoms with E-state index in [4.69, 9.17) is 5.11 Å². The van der Waals surface area contributed by atoms with Gasteiger partial charge in [-0.25, -0.2) is 9.50 Å². The summed E-state index contributed by atoms with van der Waals surface area (Å²) in [6.07, 6.45) is 3.60. The van der Waals surface area contributed by atoms with Crippen LogP contribution in [0.1, 0.15) is 26.5 Å². The van der Waals surface area contributed by atoms with Gasteiger partial charge in [-0.05, 0) is 6.07 Å². The molecule has 1 N–H and O–H groups in total. The van der Waals surface area contributed by atoms with Crippen LogP contribution in [0, 0.1) is 0 Å². The number of aliphatic hydroxyl groups is 1. The summed E-state index contributed by atoms with van der Waals surface area (Å²) in [7, 11) is 0. The predicted octanol–water partition coefficient (Wildman–Crippen LogP) is 2.11. The fraction of sp³-hybridized carbons (Fsp3) is 0.500. The minimum absolute atomic E-state index is 0.0327. The molecule has 92 valence electrons. The third-order valence-corrected chi connectivity index (χ3v) is 3.43. The number of rotatable bonds is 3. The molecule has 5 heteroatoms. The summed E-state index contributed by atoms with van der Waals surface area (Å²) in [6.45, 7) is 6.59. The molecule has 0 bridgehead atoms. The fourth-order valence-electron chi connectivity index (χ4n) is 1.52. The standard InChI is InChI=1S/C12H17N3OS/c1-12(2,3)10-8-9-11(17-7-6-16)13-4-5-15(9)14-10/h4-5,8,16H,6-7H2,1-3H3. The van der Waals surface area contributed by atoms with Gasteiger partial charge in [-0.15, -0.1) is 11.8 Å². The zero-order valence-corrected chi connectivity index (χ0v) is 11.2. The molecule has 0 aliphatic carbocycles. The van der Waals surface area contributed by atoms with Gasteiger partial charge in [0.1, 0.15) is 5.03 Å². The van der Waals surface area contributed by atoms with Crippen LogP contribution in [0.5, 0.6) is 0 Å². The molecule has 0 aliphatic rings. The molecular weight excluding hydrogens is 234 g/mol. The second-order valence-electron chi connectivity index (χ2n) is 4.91. The molecule has 0 atom stereocenters. The zero-order valence-electron chi connectivity index (χ0n) is 10.3. The molecule has 0 aliphatic heterocycles. The van der Waals surface area contributed by atoms with Crippen molar-refractivity contribution in [1.82, 2.24) is 14.6 Å². The molecule has 0 saturated heterocycles. The van der Waals surface area contributed by atoms with Crippen LogP contribution < -0.4 is 0 Å². The van der Waals surface area contributed by atoms with Crippen LogP contribution in [-0.4, -0.2) is 32.1 Å². The van der Waals surface area contributed by atoms with Gasteiger partial charge in [0.15, 0.2) is 0 Å². The fourth-order valence-corrected chi connectivity index (χ4v) is 2.24. The SMILES string of the molecule is CC(C)(C)c1cc2c(SCCO)nccn2n1. The average Bonchev–Trinajstić information content (AvgIpc) is 2.70. The van der Waals surface area contributed by atoms with Gasteiger partial charge in [-0.2, -0.15) is 5.10 Å². The topological polar surface area (TPSA) is 50.4 Å². The quantitative estimate of drug-likeness (QED) is 0.849. The van der Waals surface area contributed by atoms with Crippen LogP contribution in [-0.2, 0) is 5.41 Å². The lowest BCUT2D eigenvalue weighted by atomic mass is 9.92. The number of aromatic nitrogens is 3. The summed E-state index contributed by atoms with van der Waals surface area (Å²) >= 11 is 1.55. The first-order chi connectivity index (χ1) is 8.02. The molecular formula is C12H17N3OS. The first-order valence-electron chi connectivity index (χ1n) is 5.61. The van der Waals surface area contributed by atoms with Gasteiger partial charge in [0, 0.05) is 23.6 Å². The Morgan fingerprint density at radius 3 is 2.82 bits per heavy atom. The van der Waals surface area contributed by atoms with Gasteiger partial charge in [0.05, 0.1) is 17.8 Å². The first-order valence-corrected chi connectivity index (χ1v) is 6.59. The van der Waals surface area contributed by atoms with E-state index in [1.54, 1.807) is 18.0 Å². The Morgan fingerprint density at radius 2 is 2.18 bits per heavy atom. The maximum atomic E-state index is 8.86. The van der Waals surface area contributed by atoms with E-state index in [1.165, 1.54) is 0 Å². The minimum atomic E-state index is 0.0327. The molecule has 4 nitrogen and oxygen atoms in total. The Bertz CT molecular complexity index is 516. The van der Waals surface area contributed by atoms with Gasteiger partial charge in [-0.1, -0.05) is 20.8 Å². The lowest BCUT2D eigenvalue weighted by Crippen LogP contribution is -2.11. The molecule has 2 heterocycles. The maximum Gasteiger partial charge on any atom is 0.122 e. The molecule has 0 saturated carbocycles. The molecule has 0 radical (unpaired) electrons. The number of fused-ring (bicyclic) bond motifs is 1. The Kier molecular flexibility index (Phi) is 3.40. The van der Waals surface area contributed by atoms with E-state index in [0.29, 0.717) is 5.75 Å². The number of hydrogen-bond donors (Lipinski definition) is 1. The van der Waals surface area contributed by atoms with Crippen molar-refractivity contribution in [3.63, 3.8) is 0 Å². The Balaban J connectivity index is 2.45. The average molecular weight is 251 g/mol. The van der Waals surface area contributed by atoms with Crippen LogP contribution in [0.25, 0.3) is 5.52 Å². The molecule has 0 spiro atoms. The second-order valence-corrected chi connectivity index (χ2v) is 6.00. The molecule has 0 aromatic carbocycles. The van der Waals surface area contributed by atoms with Crippen molar-refractivity contribution >= 4 is 17.3 Å². The molecule has 0 amide bonds. The molecule has 2 aromatic rings. The number of hydrogen-bond acceptors (Lipinski definition) is 4. The van der Waals surface area contributed by atoms with E-state index in [0.717, 1.165) is 16.2 Å². The van der Waals surface area contributed by atoms with Gasteiger partial charge >= 0.3 is 0 Å². The monoisotopic (exact) mass is 251 g/mol. The van der Waals surface area contributed by atoms with E-state index in [9.17, 15) is 0 Å². The van der Waals surface area contributed by atoms with Crippen molar-refractivity contribution < 1.29 is 5.11 Å². The van der Waals surface area contributed by atoms with Crippen molar-refractivity contribution in [2.75, 3.05) is 12.4 Å². The highest BCUT2D eigenvalue weighted by molar-refractivity contribution is 7.99. The van der Waals surface area contributed by atoms with Crippen LogP contribution in [0.3, 0.4) is 0 Å².